The molecular formula is C16H20N2. The van der Waals surface area contributed by atoms with E-state index in [0.29, 0.717) is 0 Å². The number of aromatic amines is 1. The third-order valence-corrected chi connectivity index (χ3v) is 4.35. The molecule has 94 valence electrons. The van der Waals surface area contributed by atoms with E-state index in [1.54, 1.807) is 0 Å². The first-order chi connectivity index (χ1) is 8.92. The molecule has 4 rings (SSSR count). The molecule has 2 saturated carbocycles. The summed E-state index contributed by atoms with van der Waals surface area (Å²) < 4.78 is 0. The molecule has 0 saturated heterocycles. The number of hydrogen-bond acceptors (Lipinski definition) is 1. The minimum absolute atomic E-state index is 0.919. The second-order valence-electron chi connectivity index (χ2n) is 5.81. The van der Waals surface area contributed by atoms with Gasteiger partial charge in [-0.2, -0.15) is 0 Å². The lowest BCUT2D eigenvalue weighted by Crippen LogP contribution is -2.30. The highest BCUT2D eigenvalue weighted by Crippen LogP contribution is 2.37. The monoisotopic (exact) mass is 240 g/mol. The summed E-state index contributed by atoms with van der Waals surface area (Å²) >= 11 is 0. The Hall–Kier alpha value is -1.28. The second-order valence-corrected chi connectivity index (χ2v) is 5.81. The van der Waals surface area contributed by atoms with Crippen molar-refractivity contribution in [1.29, 1.82) is 0 Å². The fourth-order valence-corrected chi connectivity index (χ4v) is 3.06. The van der Waals surface area contributed by atoms with Crippen LogP contribution in [0.5, 0.6) is 0 Å². The van der Waals surface area contributed by atoms with Crippen molar-refractivity contribution in [2.75, 3.05) is 6.54 Å². The van der Waals surface area contributed by atoms with Gasteiger partial charge in [-0.15, -0.1) is 0 Å². The molecule has 1 aromatic carbocycles. The number of H-pyrrole nitrogens is 1. The molecule has 0 atom stereocenters. The SMILES string of the molecule is c1ccc2c(CCN(C3CC3)C3CC3)c[nH]c2c1. The average Bonchev–Trinajstić information content (AvgIpc) is 3.29. The van der Waals surface area contributed by atoms with E-state index in [9.17, 15) is 0 Å². The summed E-state index contributed by atoms with van der Waals surface area (Å²) in [6, 6.07) is 10.5. The number of para-hydroxylation sites is 1. The van der Waals surface area contributed by atoms with Crippen molar-refractivity contribution in [3.63, 3.8) is 0 Å². The maximum Gasteiger partial charge on any atom is 0.0456 e. The van der Waals surface area contributed by atoms with Crippen LogP contribution in [-0.4, -0.2) is 28.5 Å². The molecule has 0 spiro atoms. The zero-order valence-electron chi connectivity index (χ0n) is 10.7. The van der Waals surface area contributed by atoms with E-state index in [4.69, 9.17) is 0 Å². The fraction of sp³-hybridized carbons (Fsp3) is 0.500. The van der Waals surface area contributed by atoms with Crippen molar-refractivity contribution in [3.8, 4) is 0 Å². The van der Waals surface area contributed by atoms with Crippen LogP contribution in [0.25, 0.3) is 10.9 Å². The van der Waals surface area contributed by atoms with E-state index in [-0.39, 0.29) is 0 Å². The number of rotatable bonds is 5. The Labute approximate surface area is 108 Å². The van der Waals surface area contributed by atoms with Gasteiger partial charge in [0.1, 0.15) is 0 Å². The van der Waals surface area contributed by atoms with Gasteiger partial charge >= 0.3 is 0 Å². The molecule has 0 bridgehead atoms. The van der Waals surface area contributed by atoms with Gasteiger partial charge in [0.15, 0.2) is 0 Å². The topological polar surface area (TPSA) is 19.0 Å². The summed E-state index contributed by atoms with van der Waals surface area (Å²) in [7, 11) is 0. The molecule has 2 aliphatic carbocycles. The van der Waals surface area contributed by atoms with Crippen LogP contribution in [0.3, 0.4) is 0 Å². The van der Waals surface area contributed by atoms with E-state index in [2.05, 4.69) is 40.3 Å². The Kier molecular flexibility index (Phi) is 2.44. The normalized spacial score (nSPS) is 19.8. The van der Waals surface area contributed by atoms with Crippen LogP contribution in [0.2, 0.25) is 0 Å². The van der Waals surface area contributed by atoms with Crippen molar-refractivity contribution in [1.82, 2.24) is 9.88 Å². The van der Waals surface area contributed by atoms with Crippen LogP contribution in [0.1, 0.15) is 31.2 Å². The second kappa shape index (κ2) is 4.13. The first kappa shape index (κ1) is 10.6. The van der Waals surface area contributed by atoms with Gasteiger partial charge in [-0.1, -0.05) is 18.2 Å². The zero-order valence-corrected chi connectivity index (χ0v) is 10.7. The number of aromatic nitrogens is 1. The molecular weight excluding hydrogens is 220 g/mol. The smallest absolute Gasteiger partial charge is 0.0456 e. The average molecular weight is 240 g/mol. The fourth-order valence-electron chi connectivity index (χ4n) is 3.06. The Bertz CT molecular complexity index is 537. The standard InChI is InChI=1S/C16H20N2/c1-2-4-16-15(3-1)12(11-17-16)9-10-18(13-5-6-13)14-7-8-14/h1-4,11,13-14,17H,5-10H2. The number of benzene rings is 1. The molecule has 1 heterocycles. The van der Waals surface area contributed by atoms with Gasteiger partial charge in [-0.3, -0.25) is 4.90 Å². The molecule has 0 radical (unpaired) electrons. The van der Waals surface area contributed by atoms with Crippen molar-refractivity contribution in [2.45, 2.75) is 44.2 Å². The van der Waals surface area contributed by atoms with E-state index in [1.807, 2.05) is 0 Å². The highest BCUT2D eigenvalue weighted by molar-refractivity contribution is 5.83. The lowest BCUT2D eigenvalue weighted by Gasteiger charge is -2.21. The predicted octanol–water partition coefficient (Wildman–Crippen LogP) is 3.34. The van der Waals surface area contributed by atoms with Gasteiger partial charge in [0.25, 0.3) is 0 Å². The molecule has 1 aromatic heterocycles. The quantitative estimate of drug-likeness (QED) is 0.849. The Morgan fingerprint density at radius 1 is 1.06 bits per heavy atom. The minimum atomic E-state index is 0.919. The molecule has 2 nitrogen and oxygen atoms in total. The van der Waals surface area contributed by atoms with Gasteiger partial charge in [0.05, 0.1) is 0 Å². The van der Waals surface area contributed by atoms with Crippen LogP contribution < -0.4 is 0 Å². The van der Waals surface area contributed by atoms with Crippen LogP contribution in [0.4, 0.5) is 0 Å². The van der Waals surface area contributed by atoms with Crippen molar-refractivity contribution in [3.05, 3.63) is 36.0 Å². The van der Waals surface area contributed by atoms with Crippen LogP contribution in [0, 0.1) is 0 Å². The van der Waals surface area contributed by atoms with Crippen LogP contribution >= 0.6 is 0 Å². The highest BCUT2D eigenvalue weighted by atomic mass is 15.2. The number of nitrogens with zero attached hydrogens (tertiary/aromatic N) is 1. The van der Waals surface area contributed by atoms with Gasteiger partial charge in [0, 0.05) is 35.7 Å². The van der Waals surface area contributed by atoms with Crippen molar-refractivity contribution in [2.24, 2.45) is 0 Å². The Morgan fingerprint density at radius 2 is 1.78 bits per heavy atom. The zero-order chi connectivity index (χ0) is 11.9. The van der Waals surface area contributed by atoms with Crippen LogP contribution in [-0.2, 0) is 6.42 Å². The number of nitrogens with one attached hydrogen (secondary N) is 1. The summed E-state index contributed by atoms with van der Waals surface area (Å²) in [5.41, 5.74) is 2.76. The van der Waals surface area contributed by atoms with Gasteiger partial charge in [-0.05, 0) is 43.7 Å². The molecule has 0 unspecified atom stereocenters. The summed E-state index contributed by atoms with van der Waals surface area (Å²) in [4.78, 5) is 6.15. The third kappa shape index (κ3) is 1.95. The van der Waals surface area contributed by atoms with E-state index >= 15 is 0 Å². The van der Waals surface area contributed by atoms with E-state index in [0.717, 1.165) is 12.1 Å². The molecule has 0 amide bonds. The first-order valence-electron chi connectivity index (χ1n) is 7.22. The summed E-state index contributed by atoms with van der Waals surface area (Å²) in [5, 5.41) is 1.41. The van der Waals surface area contributed by atoms with E-state index < -0.39 is 0 Å². The van der Waals surface area contributed by atoms with Gasteiger partial charge in [-0.25, -0.2) is 0 Å². The van der Waals surface area contributed by atoms with Crippen molar-refractivity contribution < 1.29 is 0 Å². The number of hydrogen-bond donors (Lipinski definition) is 1. The molecule has 18 heavy (non-hydrogen) atoms. The summed E-state index contributed by atoms with van der Waals surface area (Å²) in [6.07, 6.45) is 9.13. The third-order valence-electron chi connectivity index (χ3n) is 4.35. The molecule has 0 aliphatic heterocycles. The Morgan fingerprint density at radius 3 is 2.50 bits per heavy atom. The number of fused-ring (bicyclic) bond motifs is 1. The summed E-state index contributed by atoms with van der Waals surface area (Å²) in [6.45, 7) is 1.25. The molecule has 2 fully saturated rings. The molecule has 2 aliphatic rings. The lowest BCUT2D eigenvalue weighted by atomic mass is 10.1. The Balaban J connectivity index is 1.50. The van der Waals surface area contributed by atoms with E-state index in [1.165, 1.54) is 55.1 Å². The maximum atomic E-state index is 3.38. The molecule has 2 aromatic rings. The van der Waals surface area contributed by atoms with Crippen LogP contribution in [0.15, 0.2) is 30.5 Å². The lowest BCUT2D eigenvalue weighted by molar-refractivity contribution is 0.256. The molecule has 2 heteroatoms. The predicted molar refractivity (Wildman–Crippen MR) is 74.8 cm³/mol. The summed E-state index contributed by atoms with van der Waals surface area (Å²) in [5.74, 6) is 0. The largest absolute Gasteiger partial charge is 0.361 e. The van der Waals surface area contributed by atoms with Gasteiger partial charge < -0.3 is 4.98 Å². The highest BCUT2D eigenvalue weighted by Gasteiger charge is 2.38. The molecule has 1 N–H and O–H groups in total. The van der Waals surface area contributed by atoms with Crippen molar-refractivity contribution >= 4 is 10.9 Å². The maximum absolute atomic E-state index is 3.38. The van der Waals surface area contributed by atoms with Gasteiger partial charge in [0.2, 0.25) is 0 Å². The minimum Gasteiger partial charge on any atom is -0.361 e. The first-order valence-corrected chi connectivity index (χ1v) is 7.22.